The lowest BCUT2D eigenvalue weighted by Gasteiger charge is -2.04. The molecule has 0 spiro atoms. The van der Waals surface area contributed by atoms with Gasteiger partial charge in [-0.2, -0.15) is 0 Å². The maximum atomic E-state index is 8.73. The van der Waals surface area contributed by atoms with Gasteiger partial charge in [-0.05, 0) is 40.0 Å². The number of aliphatic hydroxyl groups excluding tert-OH is 1. The van der Waals surface area contributed by atoms with Crippen LogP contribution in [-0.4, -0.2) is 17.8 Å². The van der Waals surface area contributed by atoms with Crippen LogP contribution in [0.4, 0.5) is 0 Å². The Kier molecular flexibility index (Phi) is 11.6. The van der Waals surface area contributed by atoms with Crippen LogP contribution >= 0.6 is 12.4 Å². The maximum absolute atomic E-state index is 8.73. The summed E-state index contributed by atoms with van der Waals surface area (Å²) in [5.41, 5.74) is 8.31. The fraction of sp³-hybridized carbons (Fsp3) is 0.667. The zero-order valence-electron chi connectivity index (χ0n) is 9.99. The lowest BCUT2D eigenvalue weighted by atomic mass is 10.1. The van der Waals surface area contributed by atoms with Gasteiger partial charge in [0.25, 0.3) is 0 Å². The van der Waals surface area contributed by atoms with Crippen molar-refractivity contribution in [2.45, 2.75) is 46.1 Å². The Labute approximate surface area is 99.7 Å². The molecule has 0 saturated carbocycles. The summed E-state index contributed by atoms with van der Waals surface area (Å²) in [6.07, 6.45) is 7.32. The van der Waals surface area contributed by atoms with E-state index in [9.17, 15) is 0 Å². The van der Waals surface area contributed by atoms with Crippen LogP contribution in [-0.2, 0) is 0 Å². The standard InChI is InChI=1S/C12H23NO.ClH/c1-10(2)5-4-6-11(3)7-8-12(13)9-14;/h5,7,12,14H,4,6,8-9,13H2,1-3H3;1H/b11-7+;. The first-order chi connectivity index (χ1) is 6.56. The molecule has 0 aliphatic rings. The van der Waals surface area contributed by atoms with Crippen LogP contribution in [0.15, 0.2) is 23.3 Å². The molecule has 2 nitrogen and oxygen atoms in total. The summed E-state index contributed by atoms with van der Waals surface area (Å²) in [5.74, 6) is 0. The van der Waals surface area contributed by atoms with Crippen molar-refractivity contribution in [1.82, 2.24) is 0 Å². The monoisotopic (exact) mass is 233 g/mol. The number of nitrogens with two attached hydrogens (primary N) is 1. The molecule has 0 fully saturated rings. The molecule has 3 N–H and O–H groups in total. The normalized spacial score (nSPS) is 13.0. The molecular weight excluding hydrogens is 210 g/mol. The molecule has 3 heteroatoms. The van der Waals surface area contributed by atoms with E-state index >= 15 is 0 Å². The SMILES string of the molecule is CC(C)=CCC/C(C)=C/CC(N)CO.Cl. The van der Waals surface area contributed by atoms with Crippen molar-refractivity contribution in [1.29, 1.82) is 0 Å². The Balaban J connectivity index is 0. The molecule has 90 valence electrons. The molecule has 1 atom stereocenters. The molecule has 0 saturated heterocycles. The van der Waals surface area contributed by atoms with E-state index in [1.807, 2.05) is 0 Å². The van der Waals surface area contributed by atoms with Gasteiger partial charge < -0.3 is 10.8 Å². The molecule has 0 amide bonds. The van der Waals surface area contributed by atoms with Gasteiger partial charge in [-0.15, -0.1) is 12.4 Å². The molecule has 0 heterocycles. The highest BCUT2D eigenvalue weighted by atomic mass is 35.5. The van der Waals surface area contributed by atoms with Gasteiger partial charge in [0, 0.05) is 6.04 Å². The summed E-state index contributed by atoms with van der Waals surface area (Å²) >= 11 is 0. The third-order valence-electron chi connectivity index (χ3n) is 2.09. The van der Waals surface area contributed by atoms with Crippen molar-refractivity contribution in [2.24, 2.45) is 5.73 Å². The third-order valence-corrected chi connectivity index (χ3v) is 2.09. The summed E-state index contributed by atoms with van der Waals surface area (Å²) in [5, 5.41) is 8.73. The number of hydrogen-bond acceptors (Lipinski definition) is 2. The van der Waals surface area contributed by atoms with Crippen LogP contribution in [0.25, 0.3) is 0 Å². The number of rotatable bonds is 6. The number of allylic oxidation sites excluding steroid dienone is 3. The second-order valence-electron chi connectivity index (χ2n) is 4.05. The van der Waals surface area contributed by atoms with E-state index in [0.29, 0.717) is 0 Å². The Bertz CT molecular complexity index is 208. The van der Waals surface area contributed by atoms with Gasteiger partial charge in [0.1, 0.15) is 0 Å². The zero-order chi connectivity index (χ0) is 11.0. The highest BCUT2D eigenvalue weighted by Gasteiger charge is 1.96. The van der Waals surface area contributed by atoms with Crippen LogP contribution in [0.1, 0.15) is 40.0 Å². The molecule has 1 unspecified atom stereocenters. The van der Waals surface area contributed by atoms with Gasteiger partial charge >= 0.3 is 0 Å². The van der Waals surface area contributed by atoms with E-state index in [-0.39, 0.29) is 25.1 Å². The van der Waals surface area contributed by atoms with Gasteiger partial charge in [0.05, 0.1) is 6.61 Å². The van der Waals surface area contributed by atoms with E-state index in [4.69, 9.17) is 10.8 Å². The fourth-order valence-corrected chi connectivity index (χ4v) is 1.12. The minimum atomic E-state index is -0.103. The molecular formula is C12H24ClNO. The Hall–Kier alpha value is -0.310. The highest BCUT2D eigenvalue weighted by molar-refractivity contribution is 5.85. The fourth-order valence-electron chi connectivity index (χ4n) is 1.12. The molecule has 0 aromatic carbocycles. The lowest BCUT2D eigenvalue weighted by Crippen LogP contribution is -2.23. The summed E-state index contributed by atoms with van der Waals surface area (Å²) < 4.78 is 0. The quantitative estimate of drug-likeness (QED) is 0.693. The first kappa shape index (κ1) is 17.1. The zero-order valence-corrected chi connectivity index (χ0v) is 10.8. The van der Waals surface area contributed by atoms with Crippen LogP contribution in [0.3, 0.4) is 0 Å². The highest BCUT2D eigenvalue weighted by Crippen LogP contribution is 2.07. The van der Waals surface area contributed by atoms with Crippen molar-refractivity contribution in [3.63, 3.8) is 0 Å². The van der Waals surface area contributed by atoms with Gasteiger partial charge in [0.15, 0.2) is 0 Å². The number of aliphatic hydroxyl groups is 1. The van der Waals surface area contributed by atoms with Crippen LogP contribution in [0.5, 0.6) is 0 Å². The van der Waals surface area contributed by atoms with E-state index in [2.05, 4.69) is 32.9 Å². The third kappa shape index (κ3) is 11.6. The number of hydrogen-bond donors (Lipinski definition) is 2. The van der Waals surface area contributed by atoms with Gasteiger partial charge in [-0.3, -0.25) is 0 Å². The Morgan fingerprint density at radius 3 is 2.33 bits per heavy atom. The van der Waals surface area contributed by atoms with E-state index < -0.39 is 0 Å². The molecule has 0 aromatic rings. The Morgan fingerprint density at radius 2 is 1.87 bits per heavy atom. The van der Waals surface area contributed by atoms with Crippen molar-refractivity contribution in [2.75, 3.05) is 6.61 Å². The Morgan fingerprint density at radius 1 is 1.27 bits per heavy atom. The minimum absolute atomic E-state index is 0. The van der Waals surface area contributed by atoms with Crippen LogP contribution < -0.4 is 5.73 Å². The largest absolute Gasteiger partial charge is 0.395 e. The molecule has 0 aliphatic heterocycles. The van der Waals surface area contributed by atoms with Crippen LogP contribution in [0.2, 0.25) is 0 Å². The second kappa shape index (κ2) is 10.2. The molecule has 0 aromatic heterocycles. The van der Waals surface area contributed by atoms with Crippen molar-refractivity contribution in [3.8, 4) is 0 Å². The van der Waals surface area contributed by atoms with Crippen molar-refractivity contribution >= 4 is 12.4 Å². The maximum Gasteiger partial charge on any atom is 0.0585 e. The predicted octanol–water partition coefficient (Wildman–Crippen LogP) is 2.81. The van der Waals surface area contributed by atoms with Crippen molar-refractivity contribution in [3.05, 3.63) is 23.3 Å². The molecule has 0 aliphatic carbocycles. The first-order valence-corrected chi connectivity index (χ1v) is 5.21. The minimum Gasteiger partial charge on any atom is -0.395 e. The average molecular weight is 234 g/mol. The van der Waals surface area contributed by atoms with Gasteiger partial charge in [-0.25, -0.2) is 0 Å². The number of halogens is 1. The van der Waals surface area contributed by atoms with Crippen LogP contribution in [0, 0.1) is 0 Å². The molecule has 0 radical (unpaired) electrons. The summed E-state index contributed by atoms with van der Waals surface area (Å²) in [6, 6.07) is -0.103. The first-order valence-electron chi connectivity index (χ1n) is 5.21. The lowest BCUT2D eigenvalue weighted by molar-refractivity contribution is 0.266. The topological polar surface area (TPSA) is 46.2 Å². The van der Waals surface area contributed by atoms with E-state index in [1.165, 1.54) is 11.1 Å². The second-order valence-corrected chi connectivity index (χ2v) is 4.05. The summed E-state index contributed by atoms with van der Waals surface area (Å²) in [6.45, 7) is 6.40. The predicted molar refractivity (Wildman–Crippen MR) is 69.3 cm³/mol. The smallest absolute Gasteiger partial charge is 0.0585 e. The molecule has 0 rings (SSSR count). The molecule has 0 bridgehead atoms. The van der Waals surface area contributed by atoms with Gasteiger partial charge in [-0.1, -0.05) is 23.3 Å². The average Bonchev–Trinajstić information content (AvgIpc) is 2.13. The molecule has 15 heavy (non-hydrogen) atoms. The van der Waals surface area contributed by atoms with Crippen molar-refractivity contribution < 1.29 is 5.11 Å². The summed E-state index contributed by atoms with van der Waals surface area (Å²) in [4.78, 5) is 0. The summed E-state index contributed by atoms with van der Waals surface area (Å²) in [7, 11) is 0. The van der Waals surface area contributed by atoms with E-state index in [0.717, 1.165) is 19.3 Å². The van der Waals surface area contributed by atoms with Gasteiger partial charge in [0.2, 0.25) is 0 Å². The van der Waals surface area contributed by atoms with E-state index in [1.54, 1.807) is 0 Å².